The lowest BCUT2D eigenvalue weighted by Crippen LogP contribution is -2.48. The fourth-order valence-corrected chi connectivity index (χ4v) is 4.52. The first-order valence-corrected chi connectivity index (χ1v) is 11.7. The number of rotatable bonds is 8. The van der Waals surface area contributed by atoms with Crippen LogP contribution in [0.4, 0.5) is 0 Å². The molecule has 2 atom stereocenters. The lowest BCUT2D eigenvalue weighted by Gasteiger charge is -2.31. The Morgan fingerprint density at radius 1 is 1.26 bits per heavy atom. The van der Waals surface area contributed by atoms with Crippen molar-refractivity contribution < 1.29 is 0 Å². The number of aryl methyl sites for hydroxylation is 1. The summed E-state index contributed by atoms with van der Waals surface area (Å²) >= 11 is 0. The van der Waals surface area contributed by atoms with Gasteiger partial charge in [0.25, 0.3) is 0 Å². The molecule has 0 aliphatic heterocycles. The summed E-state index contributed by atoms with van der Waals surface area (Å²) in [5.74, 6) is 2.62. The molecule has 1 aliphatic carbocycles. The van der Waals surface area contributed by atoms with Gasteiger partial charge in [0, 0.05) is 49.2 Å². The average Bonchev–Trinajstić information content (AvgIpc) is 3.42. The Morgan fingerprint density at radius 3 is 3.00 bits per heavy atom. The number of para-hydroxylation sites is 1. The molecule has 1 saturated carbocycles. The Bertz CT molecular complexity index is 987. The van der Waals surface area contributed by atoms with Gasteiger partial charge in [-0.1, -0.05) is 44.9 Å². The Kier molecular flexibility index (Phi) is 7.22. The molecule has 0 spiro atoms. The predicted octanol–water partition coefficient (Wildman–Crippen LogP) is 3.68. The van der Waals surface area contributed by atoms with E-state index in [1.54, 1.807) is 0 Å². The van der Waals surface area contributed by atoms with Crippen LogP contribution in [-0.2, 0) is 19.4 Å². The number of guanidine groups is 1. The first kappa shape index (κ1) is 21.4. The molecule has 7 heteroatoms. The lowest BCUT2D eigenvalue weighted by molar-refractivity contribution is 0.306. The Morgan fingerprint density at radius 2 is 2.13 bits per heavy atom. The monoisotopic (exact) mass is 421 g/mol. The maximum absolute atomic E-state index is 4.94. The highest BCUT2D eigenvalue weighted by atomic mass is 15.3. The first-order chi connectivity index (χ1) is 15.2. The summed E-state index contributed by atoms with van der Waals surface area (Å²) in [7, 11) is 0. The van der Waals surface area contributed by atoms with Crippen LogP contribution in [-0.4, -0.2) is 44.8 Å². The third kappa shape index (κ3) is 5.46. The molecule has 3 N–H and O–H groups in total. The van der Waals surface area contributed by atoms with Gasteiger partial charge in [0.2, 0.25) is 0 Å². The van der Waals surface area contributed by atoms with Crippen LogP contribution in [0.1, 0.15) is 50.9 Å². The number of benzene rings is 1. The van der Waals surface area contributed by atoms with Crippen LogP contribution < -0.4 is 10.6 Å². The molecule has 0 saturated heterocycles. The van der Waals surface area contributed by atoms with Gasteiger partial charge in [0.1, 0.15) is 12.2 Å². The number of aromatic nitrogens is 4. The number of nitrogens with zero attached hydrogens (tertiary/aromatic N) is 4. The summed E-state index contributed by atoms with van der Waals surface area (Å²) in [5, 5.41) is 16.8. The van der Waals surface area contributed by atoms with E-state index < -0.39 is 0 Å². The van der Waals surface area contributed by atoms with Crippen LogP contribution >= 0.6 is 0 Å². The van der Waals surface area contributed by atoms with Gasteiger partial charge in [-0.05, 0) is 36.8 Å². The molecule has 4 rings (SSSR count). The molecule has 0 amide bonds. The fraction of sp³-hybridized carbons (Fsp3) is 0.542. The van der Waals surface area contributed by atoms with Gasteiger partial charge in [-0.15, -0.1) is 10.2 Å². The number of H-pyrrole nitrogens is 1. The van der Waals surface area contributed by atoms with Gasteiger partial charge in [-0.25, -0.2) is 0 Å². The summed E-state index contributed by atoms with van der Waals surface area (Å²) < 4.78 is 2.11. The second-order valence-corrected chi connectivity index (χ2v) is 8.57. The maximum Gasteiger partial charge on any atom is 0.191 e. The second kappa shape index (κ2) is 10.5. The third-order valence-corrected chi connectivity index (χ3v) is 6.42. The van der Waals surface area contributed by atoms with Crippen molar-refractivity contribution in [2.24, 2.45) is 10.9 Å². The van der Waals surface area contributed by atoms with E-state index in [9.17, 15) is 0 Å². The van der Waals surface area contributed by atoms with Gasteiger partial charge < -0.3 is 20.2 Å². The van der Waals surface area contributed by atoms with E-state index in [2.05, 4.69) is 74.7 Å². The largest absolute Gasteiger partial charge is 0.361 e. The van der Waals surface area contributed by atoms with Crippen molar-refractivity contribution in [3.63, 3.8) is 0 Å². The molecule has 2 unspecified atom stereocenters. The number of hydrogen-bond acceptors (Lipinski definition) is 3. The normalized spacial score (nSPS) is 19.6. The van der Waals surface area contributed by atoms with Crippen LogP contribution in [0.3, 0.4) is 0 Å². The van der Waals surface area contributed by atoms with E-state index in [1.807, 2.05) is 6.33 Å². The van der Waals surface area contributed by atoms with Crippen LogP contribution in [0.15, 0.2) is 41.8 Å². The fourth-order valence-electron chi connectivity index (χ4n) is 4.52. The topological polar surface area (TPSA) is 82.9 Å². The van der Waals surface area contributed by atoms with Crippen molar-refractivity contribution in [1.82, 2.24) is 30.4 Å². The molecule has 1 aromatic carbocycles. The molecular formula is C24H35N7. The predicted molar refractivity (Wildman–Crippen MR) is 126 cm³/mol. The van der Waals surface area contributed by atoms with Crippen molar-refractivity contribution in [3.05, 3.63) is 48.2 Å². The number of aliphatic imine (C=N–C) groups is 1. The van der Waals surface area contributed by atoms with Crippen LogP contribution in [0.25, 0.3) is 10.9 Å². The van der Waals surface area contributed by atoms with Crippen LogP contribution in [0.5, 0.6) is 0 Å². The van der Waals surface area contributed by atoms with E-state index >= 15 is 0 Å². The minimum atomic E-state index is 0.495. The molecule has 7 nitrogen and oxygen atoms in total. The van der Waals surface area contributed by atoms with Gasteiger partial charge in [-0.3, -0.25) is 4.99 Å². The van der Waals surface area contributed by atoms with Crippen molar-refractivity contribution >= 4 is 16.9 Å². The van der Waals surface area contributed by atoms with Crippen molar-refractivity contribution in [3.8, 4) is 0 Å². The van der Waals surface area contributed by atoms with Crippen molar-refractivity contribution in [2.45, 2.75) is 65.0 Å². The van der Waals surface area contributed by atoms with Gasteiger partial charge in [-0.2, -0.15) is 0 Å². The van der Waals surface area contributed by atoms with Gasteiger partial charge in [0.15, 0.2) is 5.96 Å². The van der Waals surface area contributed by atoms with Gasteiger partial charge >= 0.3 is 0 Å². The zero-order valence-electron chi connectivity index (χ0n) is 18.8. The summed E-state index contributed by atoms with van der Waals surface area (Å²) in [6, 6.07) is 8.96. The summed E-state index contributed by atoms with van der Waals surface area (Å²) in [6.07, 6.45) is 10.9. The Labute approximate surface area is 184 Å². The number of aromatic amines is 1. The first-order valence-electron chi connectivity index (χ1n) is 11.7. The summed E-state index contributed by atoms with van der Waals surface area (Å²) in [6.45, 7) is 6.85. The van der Waals surface area contributed by atoms with E-state index in [-0.39, 0.29) is 0 Å². The van der Waals surface area contributed by atoms with E-state index in [1.165, 1.54) is 42.1 Å². The second-order valence-electron chi connectivity index (χ2n) is 8.57. The molecule has 0 radical (unpaired) electrons. The van der Waals surface area contributed by atoms with E-state index in [4.69, 9.17) is 4.99 Å². The van der Waals surface area contributed by atoms with Crippen molar-refractivity contribution in [1.29, 1.82) is 0 Å². The van der Waals surface area contributed by atoms with E-state index in [0.29, 0.717) is 12.0 Å². The average molecular weight is 422 g/mol. The molecule has 2 heterocycles. The zero-order chi connectivity index (χ0) is 21.5. The van der Waals surface area contributed by atoms with E-state index in [0.717, 1.165) is 44.3 Å². The molecule has 1 fully saturated rings. The number of nitrogens with one attached hydrogen (secondary N) is 3. The quantitative estimate of drug-likeness (QED) is 0.383. The Hall–Kier alpha value is -2.83. The smallest absolute Gasteiger partial charge is 0.191 e. The SMILES string of the molecule is CCc1nncn1CCNC(=NCCc1c[nH]c2ccccc12)NC1CCCCC1C. The van der Waals surface area contributed by atoms with Gasteiger partial charge in [0.05, 0.1) is 0 Å². The maximum atomic E-state index is 4.94. The van der Waals surface area contributed by atoms with Crippen LogP contribution in [0, 0.1) is 5.92 Å². The van der Waals surface area contributed by atoms with Crippen LogP contribution in [0.2, 0.25) is 0 Å². The zero-order valence-corrected chi connectivity index (χ0v) is 18.8. The molecule has 2 aromatic heterocycles. The minimum absolute atomic E-state index is 0.495. The summed E-state index contributed by atoms with van der Waals surface area (Å²) in [5.41, 5.74) is 2.51. The highest BCUT2D eigenvalue weighted by Crippen LogP contribution is 2.23. The standard InChI is InChI=1S/C24H35N7/c1-3-23-30-28-17-31(23)15-14-26-24(29-21-10-6-4-8-18(21)2)25-13-12-19-16-27-22-11-7-5-9-20(19)22/h5,7,9,11,16-18,21,27H,3-4,6,8,10,12-15H2,1-2H3,(H2,25,26,29). The molecule has 3 aromatic rings. The molecule has 0 bridgehead atoms. The molecular weight excluding hydrogens is 386 g/mol. The van der Waals surface area contributed by atoms with Crippen molar-refractivity contribution in [2.75, 3.05) is 13.1 Å². The number of hydrogen-bond donors (Lipinski definition) is 3. The molecule has 31 heavy (non-hydrogen) atoms. The highest BCUT2D eigenvalue weighted by molar-refractivity contribution is 5.83. The molecule has 1 aliphatic rings. The molecule has 166 valence electrons. The number of fused-ring (bicyclic) bond motifs is 1. The highest BCUT2D eigenvalue weighted by Gasteiger charge is 2.22. The lowest BCUT2D eigenvalue weighted by atomic mass is 9.86. The summed E-state index contributed by atoms with van der Waals surface area (Å²) in [4.78, 5) is 8.30. The Balaban J connectivity index is 1.39. The third-order valence-electron chi connectivity index (χ3n) is 6.42. The minimum Gasteiger partial charge on any atom is -0.361 e.